The summed E-state index contributed by atoms with van der Waals surface area (Å²) in [5.41, 5.74) is 3.63. The summed E-state index contributed by atoms with van der Waals surface area (Å²) in [4.78, 5) is 35.1. The summed E-state index contributed by atoms with van der Waals surface area (Å²) < 4.78 is 6.46. The van der Waals surface area contributed by atoms with E-state index in [-0.39, 0.29) is 5.56 Å². The van der Waals surface area contributed by atoms with Crippen molar-refractivity contribution < 1.29 is 9.53 Å². The fourth-order valence-corrected chi connectivity index (χ4v) is 4.65. The standard InChI is InChI=1S/C27H25ClN4O3/c1-18-5-3-7-21(15-18)30-11-13-31(14-12-30)27-29-24-16-19(26(34)35-2)9-10-23(24)25(33)32(27)22-8-4-6-20(28)17-22/h3-10,15-17H,11-14H2,1-2H3. The molecule has 0 radical (unpaired) electrons. The highest BCUT2D eigenvalue weighted by molar-refractivity contribution is 6.30. The third-order valence-corrected chi connectivity index (χ3v) is 6.50. The molecule has 2 heterocycles. The normalized spacial score (nSPS) is 13.8. The number of aryl methyl sites for hydroxylation is 1. The van der Waals surface area contributed by atoms with Gasteiger partial charge in [0.1, 0.15) is 0 Å². The van der Waals surface area contributed by atoms with Crippen LogP contribution in [0.25, 0.3) is 16.6 Å². The van der Waals surface area contributed by atoms with E-state index in [9.17, 15) is 9.59 Å². The van der Waals surface area contributed by atoms with E-state index in [0.717, 1.165) is 13.1 Å². The quantitative estimate of drug-likeness (QED) is 0.395. The number of piperazine rings is 1. The molecule has 1 aliphatic heterocycles. The van der Waals surface area contributed by atoms with Crippen molar-refractivity contribution in [3.63, 3.8) is 0 Å². The van der Waals surface area contributed by atoms with Gasteiger partial charge in [-0.1, -0.05) is 29.8 Å². The second kappa shape index (κ2) is 9.43. The van der Waals surface area contributed by atoms with Gasteiger partial charge in [0.05, 0.1) is 29.3 Å². The van der Waals surface area contributed by atoms with Crippen LogP contribution in [0.2, 0.25) is 5.02 Å². The Morgan fingerprint density at radius 1 is 0.914 bits per heavy atom. The van der Waals surface area contributed by atoms with E-state index in [1.807, 2.05) is 12.1 Å². The molecule has 7 nitrogen and oxygen atoms in total. The zero-order valence-electron chi connectivity index (χ0n) is 19.6. The maximum Gasteiger partial charge on any atom is 0.337 e. The molecular weight excluding hydrogens is 464 g/mol. The number of methoxy groups -OCH3 is 1. The van der Waals surface area contributed by atoms with Gasteiger partial charge in [0.15, 0.2) is 0 Å². The molecule has 1 aliphatic rings. The van der Waals surface area contributed by atoms with Crippen LogP contribution < -0.4 is 15.4 Å². The lowest BCUT2D eigenvalue weighted by atomic mass is 10.1. The number of ether oxygens (including phenoxy) is 1. The number of benzene rings is 3. The van der Waals surface area contributed by atoms with Gasteiger partial charge in [-0.05, 0) is 61.0 Å². The first-order chi connectivity index (χ1) is 16.9. The number of carbonyl (C=O) groups is 1. The Morgan fingerprint density at radius 3 is 2.34 bits per heavy atom. The largest absolute Gasteiger partial charge is 0.465 e. The predicted octanol–water partition coefficient (Wildman–Crippen LogP) is 4.46. The molecule has 0 aliphatic carbocycles. The minimum absolute atomic E-state index is 0.218. The average molecular weight is 489 g/mol. The molecule has 35 heavy (non-hydrogen) atoms. The maximum atomic E-state index is 13.7. The molecule has 3 aromatic carbocycles. The van der Waals surface area contributed by atoms with Crippen molar-refractivity contribution >= 4 is 40.1 Å². The Hall–Kier alpha value is -3.84. The number of carbonyl (C=O) groups excluding carboxylic acids is 1. The van der Waals surface area contributed by atoms with Gasteiger partial charge in [0.25, 0.3) is 5.56 Å². The van der Waals surface area contributed by atoms with Crippen molar-refractivity contribution in [1.82, 2.24) is 9.55 Å². The molecule has 178 valence electrons. The van der Waals surface area contributed by atoms with Gasteiger partial charge >= 0.3 is 5.97 Å². The Kier molecular flexibility index (Phi) is 6.17. The van der Waals surface area contributed by atoms with Gasteiger partial charge in [0.2, 0.25) is 5.95 Å². The average Bonchev–Trinajstić information content (AvgIpc) is 2.88. The summed E-state index contributed by atoms with van der Waals surface area (Å²) >= 11 is 6.27. The Bertz CT molecular complexity index is 1480. The molecule has 0 N–H and O–H groups in total. The second-order valence-corrected chi connectivity index (χ2v) is 9.01. The SMILES string of the molecule is COC(=O)c1ccc2c(=O)n(-c3cccc(Cl)c3)c(N3CCN(c4cccc(C)c4)CC3)nc2c1. The van der Waals surface area contributed by atoms with Crippen molar-refractivity contribution in [1.29, 1.82) is 0 Å². The number of halogens is 1. The Balaban J connectivity index is 1.59. The van der Waals surface area contributed by atoms with Crippen LogP contribution in [0.5, 0.6) is 0 Å². The van der Waals surface area contributed by atoms with Crippen molar-refractivity contribution in [2.24, 2.45) is 0 Å². The molecule has 1 saturated heterocycles. The zero-order valence-corrected chi connectivity index (χ0v) is 20.3. The van der Waals surface area contributed by atoms with Gasteiger partial charge in [0, 0.05) is 36.9 Å². The number of hydrogen-bond acceptors (Lipinski definition) is 6. The van der Waals surface area contributed by atoms with Crippen LogP contribution in [0, 0.1) is 6.92 Å². The van der Waals surface area contributed by atoms with Gasteiger partial charge in [-0.25, -0.2) is 14.3 Å². The number of esters is 1. The number of nitrogens with zero attached hydrogens (tertiary/aromatic N) is 4. The van der Waals surface area contributed by atoms with E-state index in [4.69, 9.17) is 21.3 Å². The lowest BCUT2D eigenvalue weighted by molar-refractivity contribution is 0.0601. The summed E-state index contributed by atoms with van der Waals surface area (Å²) in [5, 5.41) is 0.950. The van der Waals surface area contributed by atoms with Crippen LogP contribution in [0.1, 0.15) is 15.9 Å². The maximum absolute atomic E-state index is 13.7. The summed E-state index contributed by atoms with van der Waals surface area (Å²) in [6, 6.07) is 20.5. The zero-order chi connectivity index (χ0) is 24.5. The predicted molar refractivity (Wildman–Crippen MR) is 139 cm³/mol. The van der Waals surface area contributed by atoms with Crippen LogP contribution in [0.4, 0.5) is 11.6 Å². The van der Waals surface area contributed by atoms with Gasteiger partial charge in [-0.15, -0.1) is 0 Å². The molecule has 0 amide bonds. The van der Waals surface area contributed by atoms with E-state index in [2.05, 4.69) is 41.0 Å². The van der Waals surface area contributed by atoms with Crippen molar-refractivity contribution in [2.75, 3.05) is 43.1 Å². The minimum Gasteiger partial charge on any atom is -0.465 e. The first-order valence-electron chi connectivity index (χ1n) is 11.4. The van der Waals surface area contributed by atoms with Crippen molar-refractivity contribution in [3.05, 3.63) is 93.2 Å². The fourth-order valence-electron chi connectivity index (χ4n) is 4.47. The lowest BCUT2D eigenvalue weighted by Gasteiger charge is -2.37. The van der Waals surface area contributed by atoms with Crippen LogP contribution in [-0.4, -0.2) is 48.8 Å². The second-order valence-electron chi connectivity index (χ2n) is 8.57. The van der Waals surface area contributed by atoms with E-state index in [0.29, 0.717) is 46.2 Å². The summed E-state index contributed by atoms with van der Waals surface area (Å²) in [5.74, 6) is 0.0525. The smallest absolute Gasteiger partial charge is 0.337 e. The lowest BCUT2D eigenvalue weighted by Crippen LogP contribution is -2.48. The molecule has 1 aromatic heterocycles. The van der Waals surface area contributed by atoms with Crippen LogP contribution in [-0.2, 0) is 4.74 Å². The first kappa shape index (κ1) is 22.9. The Labute approximate surface area is 208 Å². The highest BCUT2D eigenvalue weighted by Gasteiger charge is 2.24. The van der Waals surface area contributed by atoms with E-state index in [1.54, 1.807) is 34.9 Å². The summed E-state index contributed by atoms with van der Waals surface area (Å²) in [6.07, 6.45) is 0. The number of rotatable bonds is 4. The molecule has 1 fully saturated rings. The van der Waals surface area contributed by atoms with E-state index >= 15 is 0 Å². The van der Waals surface area contributed by atoms with Crippen LogP contribution in [0.15, 0.2) is 71.5 Å². The van der Waals surface area contributed by atoms with Gasteiger partial charge < -0.3 is 14.5 Å². The number of anilines is 2. The fraction of sp³-hybridized carbons (Fsp3) is 0.222. The molecule has 0 atom stereocenters. The van der Waals surface area contributed by atoms with Crippen LogP contribution in [0.3, 0.4) is 0 Å². The first-order valence-corrected chi connectivity index (χ1v) is 11.8. The highest BCUT2D eigenvalue weighted by Crippen LogP contribution is 2.25. The molecular formula is C27H25ClN4O3. The third kappa shape index (κ3) is 4.47. The monoisotopic (exact) mass is 488 g/mol. The number of fused-ring (bicyclic) bond motifs is 1. The van der Waals surface area contributed by atoms with E-state index < -0.39 is 5.97 Å². The topological polar surface area (TPSA) is 67.7 Å². The Morgan fingerprint density at radius 2 is 1.63 bits per heavy atom. The number of hydrogen-bond donors (Lipinski definition) is 0. The van der Waals surface area contributed by atoms with E-state index in [1.165, 1.54) is 18.4 Å². The minimum atomic E-state index is -0.471. The van der Waals surface area contributed by atoms with Gasteiger partial charge in [-0.3, -0.25) is 4.79 Å². The molecule has 4 aromatic rings. The van der Waals surface area contributed by atoms with Crippen molar-refractivity contribution in [2.45, 2.75) is 6.92 Å². The molecule has 0 unspecified atom stereocenters. The third-order valence-electron chi connectivity index (χ3n) is 6.27. The molecule has 8 heteroatoms. The summed E-state index contributed by atoms with van der Waals surface area (Å²) in [7, 11) is 1.33. The number of aromatic nitrogens is 2. The van der Waals surface area contributed by atoms with Gasteiger partial charge in [-0.2, -0.15) is 0 Å². The molecule has 0 spiro atoms. The highest BCUT2D eigenvalue weighted by atomic mass is 35.5. The molecule has 5 rings (SSSR count). The molecule has 0 bridgehead atoms. The summed E-state index contributed by atoms with van der Waals surface area (Å²) in [6.45, 7) is 5.03. The van der Waals surface area contributed by atoms with Crippen molar-refractivity contribution in [3.8, 4) is 5.69 Å². The molecule has 0 saturated carbocycles. The van der Waals surface area contributed by atoms with Crippen LogP contribution >= 0.6 is 11.6 Å².